The van der Waals surface area contributed by atoms with Gasteiger partial charge in [0.15, 0.2) is 5.69 Å². The lowest BCUT2D eigenvalue weighted by atomic mass is 10.1. The van der Waals surface area contributed by atoms with Crippen LogP contribution in [-0.2, 0) is 0 Å². The fourth-order valence-electron chi connectivity index (χ4n) is 2.56. The number of nitrogens with zero attached hydrogens (tertiary/aromatic N) is 1. The van der Waals surface area contributed by atoms with Crippen LogP contribution in [0.2, 0.25) is 0 Å². The number of carbonyl (C=O) groups is 1. The Hall–Kier alpha value is -3.34. The third-order valence-electron chi connectivity index (χ3n) is 3.63. The predicted molar refractivity (Wildman–Crippen MR) is 86.0 cm³/mol. The van der Waals surface area contributed by atoms with Crippen LogP contribution in [0.15, 0.2) is 77.5 Å². The minimum Gasteiger partial charge on any atom is -0.458 e. The first-order valence-electron chi connectivity index (χ1n) is 7.25. The van der Waals surface area contributed by atoms with Crippen LogP contribution >= 0.6 is 0 Å². The van der Waals surface area contributed by atoms with Crippen molar-refractivity contribution >= 4 is 17.4 Å². The highest BCUT2D eigenvalue weighted by Crippen LogP contribution is 2.25. The zero-order valence-electron chi connectivity index (χ0n) is 12.2. The molecule has 0 fully saturated rings. The van der Waals surface area contributed by atoms with Crippen molar-refractivity contribution in [3.05, 3.63) is 78.9 Å². The van der Waals surface area contributed by atoms with Gasteiger partial charge in [-0.3, -0.25) is 4.98 Å². The quantitative estimate of drug-likeness (QED) is 0.571. The molecule has 112 valence electrons. The van der Waals surface area contributed by atoms with Crippen LogP contribution in [0.3, 0.4) is 0 Å². The number of hydrogen-bond donors (Lipinski definition) is 2. The van der Waals surface area contributed by atoms with Crippen molar-refractivity contribution in [3.63, 3.8) is 0 Å². The van der Waals surface area contributed by atoms with Crippen LogP contribution < -0.4 is 9.72 Å². The van der Waals surface area contributed by atoms with Crippen LogP contribution in [0.25, 0.3) is 16.9 Å². The number of H-pyrrole nitrogens is 1. The molecule has 2 N–H and O–H groups in total. The van der Waals surface area contributed by atoms with Crippen LogP contribution in [0.5, 0.6) is 0 Å². The summed E-state index contributed by atoms with van der Waals surface area (Å²) in [4.78, 5) is 15.7. The minimum absolute atomic E-state index is 0.273. The van der Waals surface area contributed by atoms with E-state index in [2.05, 4.69) is 10.3 Å². The van der Waals surface area contributed by atoms with E-state index in [1.165, 1.54) is 6.26 Å². The van der Waals surface area contributed by atoms with Gasteiger partial charge in [-0.2, -0.15) is 0 Å². The molecule has 4 rings (SSSR count). The smallest absolute Gasteiger partial charge is 0.347 e. The van der Waals surface area contributed by atoms with Crippen LogP contribution in [0.1, 0.15) is 10.6 Å². The van der Waals surface area contributed by atoms with Gasteiger partial charge in [0, 0.05) is 11.6 Å². The van der Waals surface area contributed by atoms with Gasteiger partial charge in [0.25, 0.3) is 5.82 Å². The third kappa shape index (κ3) is 2.38. The summed E-state index contributed by atoms with van der Waals surface area (Å²) in [5, 5.41) is 2.93. The second-order valence-corrected chi connectivity index (χ2v) is 5.10. The summed E-state index contributed by atoms with van der Waals surface area (Å²) in [6, 6.07) is 19.0. The Bertz CT molecular complexity index is 957. The first-order valence-corrected chi connectivity index (χ1v) is 7.25. The Morgan fingerprint density at radius 3 is 2.61 bits per heavy atom. The molecule has 0 aliphatic carbocycles. The molecule has 0 aliphatic heterocycles. The normalized spacial score (nSPS) is 10.8. The van der Waals surface area contributed by atoms with Crippen LogP contribution in [0, 0.1) is 0 Å². The van der Waals surface area contributed by atoms with E-state index in [-0.39, 0.29) is 11.7 Å². The average molecular weight is 304 g/mol. The zero-order chi connectivity index (χ0) is 15.6. The van der Waals surface area contributed by atoms with Gasteiger partial charge in [-0.15, -0.1) is 0 Å². The maximum absolute atomic E-state index is 12.4. The van der Waals surface area contributed by atoms with Crippen molar-refractivity contribution in [2.75, 3.05) is 5.32 Å². The number of pyridine rings is 1. The number of anilines is 1. The topological polar surface area (TPSA) is 62.1 Å². The summed E-state index contributed by atoms with van der Waals surface area (Å²) in [5.74, 6) is 0.660. The van der Waals surface area contributed by atoms with Crippen molar-refractivity contribution in [3.8, 4) is 11.3 Å². The van der Waals surface area contributed by atoms with Crippen molar-refractivity contribution < 1.29 is 13.6 Å². The average Bonchev–Trinajstić information content (AvgIpc) is 3.24. The van der Waals surface area contributed by atoms with E-state index in [9.17, 15) is 4.79 Å². The maximum atomic E-state index is 12.4. The highest BCUT2D eigenvalue weighted by molar-refractivity contribution is 6.03. The monoisotopic (exact) mass is 304 g/mol. The molecule has 0 unspecified atom stereocenters. The van der Waals surface area contributed by atoms with Gasteiger partial charge in [-0.25, -0.2) is 14.5 Å². The number of carbonyl (C=O) groups excluding carboxylic acids is 1. The molecule has 4 aromatic rings. The van der Waals surface area contributed by atoms with Gasteiger partial charge in [0.1, 0.15) is 0 Å². The van der Waals surface area contributed by atoms with E-state index >= 15 is 0 Å². The number of fused-ring (bicyclic) bond motifs is 1. The molecule has 0 aliphatic rings. The number of aromatic nitrogens is 2. The van der Waals surface area contributed by atoms with Gasteiger partial charge < -0.3 is 4.42 Å². The minimum atomic E-state index is -0.288. The standard InChI is InChI=1S/C18H13N3O2/c22-18(14-9-6-12-23-14)20-17-16(13-7-2-1-3-8-13)19-15-10-4-5-11-21(15)17/h1-12H,(H,20,22)/p+1. The fraction of sp³-hybridized carbons (Fsp3) is 0. The van der Waals surface area contributed by atoms with Crippen molar-refractivity contribution in [2.24, 2.45) is 0 Å². The molecule has 0 spiro atoms. The highest BCUT2D eigenvalue weighted by Gasteiger charge is 2.24. The number of nitrogens with one attached hydrogen (secondary N) is 2. The molecule has 3 aromatic heterocycles. The Labute approximate surface area is 132 Å². The molecule has 3 heterocycles. The lowest BCUT2D eigenvalue weighted by Crippen LogP contribution is -2.26. The molecular formula is C18H14N3O2+. The lowest BCUT2D eigenvalue weighted by molar-refractivity contribution is -0.493. The fourth-order valence-corrected chi connectivity index (χ4v) is 2.56. The number of aromatic amines is 1. The molecule has 5 heteroatoms. The van der Waals surface area contributed by atoms with E-state index < -0.39 is 0 Å². The predicted octanol–water partition coefficient (Wildman–Crippen LogP) is 3.27. The number of imidazole rings is 1. The molecule has 5 nitrogen and oxygen atoms in total. The highest BCUT2D eigenvalue weighted by atomic mass is 16.3. The van der Waals surface area contributed by atoms with Crippen molar-refractivity contribution in [2.45, 2.75) is 0 Å². The molecule has 1 aromatic carbocycles. The van der Waals surface area contributed by atoms with E-state index in [4.69, 9.17) is 4.42 Å². The maximum Gasteiger partial charge on any atom is 0.347 e. The molecule has 0 saturated heterocycles. The van der Waals surface area contributed by atoms with Crippen molar-refractivity contribution in [1.29, 1.82) is 0 Å². The lowest BCUT2D eigenvalue weighted by Gasteiger charge is -2.00. The summed E-state index contributed by atoms with van der Waals surface area (Å²) in [5.41, 5.74) is 2.73. The summed E-state index contributed by atoms with van der Waals surface area (Å²) in [7, 11) is 0. The summed E-state index contributed by atoms with van der Waals surface area (Å²) in [6.45, 7) is 0. The number of hydrogen-bond acceptors (Lipinski definition) is 2. The number of benzene rings is 1. The molecule has 0 bridgehead atoms. The van der Waals surface area contributed by atoms with E-state index in [0.29, 0.717) is 5.82 Å². The SMILES string of the molecule is O=C(Nc1c(-c2ccccc2)[nH]c2cccc[n+]12)c1ccco1. The van der Waals surface area contributed by atoms with E-state index in [1.54, 1.807) is 12.1 Å². The Morgan fingerprint density at radius 2 is 1.83 bits per heavy atom. The molecule has 0 atom stereocenters. The summed E-state index contributed by atoms with van der Waals surface area (Å²) in [6.07, 6.45) is 3.38. The zero-order valence-corrected chi connectivity index (χ0v) is 12.2. The number of furan rings is 1. The Morgan fingerprint density at radius 1 is 1.00 bits per heavy atom. The van der Waals surface area contributed by atoms with Gasteiger partial charge in [0.2, 0.25) is 11.4 Å². The summed E-state index contributed by atoms with van der Waals surface area (Å²) < 4.78 is 7.08. The summed E-state index contributed by atoms with van der Waals surface area (Å²) >= 11 is 0. The molecular weight excluding hydrogens is 290 g/mol. The number of rotatable bonds is 3. The molecule has 1 amide bonds. The first-order chi connectivity index (χ1) is 11.3. The molecule has 23 heavy (non-hydrogen) atoms. The van der Waals surface area contributed by atoms with Gasteiger partial charge in [-0.05, 0) is 18.2 Å². The Kier molecular flexibility index (Phi) is 3.16. The Balaban J connectivity index is 1.85. The van der Waals surface area contributed by atoms with Crippen LogP contribution in [-0.4, -0.2) is 10.9 Å². The third-order valence-corrected chi connectivity index (χ3v) is 3.63. The van der Waals surface area contributed by atoms with Crippen LogP contribution in [0.4, 0.5) is 5.82 Å². The van der Waals surface area contributed by atoms with Gasteiger partial charge >= 0.3 is 5.91 Å². The molecule has 0 radical (unpaired) electrons. The second-order valence-electron chi connectivity index (χ2n) is 5.10. The van der Waals surface area contributed by atoms with Gasteiger partial charge in [0.05, 0.1) is 12.5 Å². The van der Waals surface area contributed by atoms with Crippen molar-refractivity contribution in [1.82, 2.24) is 4.98 Å². The largest absolute Gasteiger partial charge is 0.458 e. The molecule has 0 saturated carbocycles. The van der Waals surface area contributed by atoms with E-state index in [1.807, 2.05) is 59.1 Å². The van der Waals surface area contributed by atoms with Gasteiger partial charge in [-0.1, -0.05) is 36.4 Å². The first kappa shape index (κ1) is 13.3. The number of amides is 1. The second kappa shape index (κ2) is 5.46. The van der Waals surface area contributed by atoms with E-state index in [0.717, 1.165) is 16.9 Å².